The van der Waals surface area contributed by atoms with Gasteiger partial charge in [0, 0.05) is 17.0 Å². The average molecular weight is 444 g/mol. The molecule has 0 spiro atoms. The highest BCUT2D eigenvalue weighted by atomic mass is 32.2. The molecule has 0 radical (unpaired) electrons. The molecule has 8 nitrogen and oxygen atoms in total. The zero-order valence-corrected chi connectivity index (χ0v) is 18.6. The molecule has 0 saturated heterocycles. The van der Waals surface area contributed by atoms with Gasteiger partial charge in [0.15, 0.2) is 0 Å². The monoisotopic (exact) mass is 443 g/mol. The van der Waals surface area contributed by atoms with E-state index in [0.717, 1.165) is 12.1 Å². The summed E-state index contributed by atoms with van der Waals surface area (Å²) in [6, 6.07) is 16.8. The van der Waals surface area contributed by atoms with E-state index < -0.39 is 11.9 Å². The Morgan fingerprint density at radius 3 is 2.13 bits per heavy atom. The SMILES string of the molecule is CSc1ccc(CN(C)C(C)c2nnc(-c3ccc(C)cc3)o2)cc1.O=C(O)C(=O)O. The number of hydrogen-bond acceptors (Lipinski definition) is 7. The minimum atomic E-state index is -1.82. The minimum absolute atomic E-state index is 0.0481. The molecule has 9 heteroatoms. The summed E-state index contributed by atoms with van der Waals surface area (Å²) in [6.45, 7) is 4.98. The number of carboxylic acids is 2. The summed E-state index contributed by atoms with van der Waals surface area (Å²) >= 11 is 1.75. The van der Waals surface area contributed by atoms with Gasteiger partial charge in [0.05, 0.1) is 6.04 Å². The van der Waals surface area contributed by atoms with E-state index in [-0.39, 0.29) is 6.04 Å². The molecular weight excluding hydrogens is 418 g/mol. The van der Waals surface area contributed by atoms with Gasteiger partial charge >= 0.3 is 11.9 Å². The normalized spacial score (nSPS) is 11.5. The molecule has 0 bridgehead atoms. The number of thioether (sulfide) groups is 1. The first kappa shape index (κ1) is 24.1. The Morgan fingerprint density at radius 1 is 1.03 bits per heavy atom. The number of nitrogens with zero attached hydrogens (tertiary/aromatic N) is 3. The number of benzene rings is 2. The van der Waals surface area contributed by atoms with Crippen LogP contribution < -0.4 is 0 Å². The first-order valence-electron chi connectivity index (χ1n) is 9.41. The number of carbonyl (C=O) groups is 2. The van der Waals surface area contributed by atoms with Crippen molar-refractivity contribution in [3.8, 4) is 11.5 Å². The van der Waals surface area contributed by atoms with Crippen molar-refractivity contribution in [2.45, 2.75) is 31.3 Å². The van der Waals surface area contributed by atoms with Crippen LogP contribution in [0.3, 0.4) is 0 Å². The molecule has 1 aromatic heterocycles. The van der Waals surface area contributed by atoms with Crippen molar-refractivity contribution in [3.63, 3.8) is 0 Å². The second-order valence-corrected chi connectivity index (χ2v) is 7.74. The first-order valence-corrected chi connectivity index (χ1v) is 10.6. The van der Waals surface area contributed by atoms with Crippen LogP contribution in [0.4, 0.5) is 0 Å². The van der Waals surface area contributed by atoms with E-state index in [1.807, 2.05) is 24.3 Å². The maximum atomic E-state index is 9.10. The van der Waals surface area contributed by atoms with Crippen LogP contribution in [-0.2, 0) is 16.1 Å². The van der Waals surface area contributed by atoms with Crippen molar-refractivity contribution >= 4 is 23.7 Å². The molecule has 3 aromatic rings. The van der Waals surface area contributed by atoms with Crippen molar-refractivity contribution in [3.05, 3.63) is 65.5 Å². The van der Waals surface area contributed by atoms with Crippen LogP contribution in [0.2, 0.25) is 0 Å². The highest BCUT2D eigenvalue weighted by molar-refractivity contribution is 7.98. The molecule has 0 aliphatic carbocycles. The Bertz CT molecular complexity index is 991. The van der Waals surface area contributed by atoms with Crippen LogP contribution in [0.1, 0.15) is 30.0 Å². The van der Waals surface area contributed by atoms with Gasteiger partial charge in [-0.05, 0) is 57.0 Å². The average Bonchev–Trinajstić information content (AvgIpc) is 3.24. The molecular formula is C22H25N3O5S. The van der Waals surface area contributed by atoms with Crippen LogP contribution in [0.5, 0.6) is 0 Å². The number of aliphatic carboxylic acids is 2. The van der Waals surface area contributed by atoms with Crippen LogP contribution in [0.25, 0.3) is 11.5 Å². The predicted octanol–water partition coefficient (Wildman–Crippen LogP) is 4.12. The van der Waals surface area contributed by atoms with Crippen molar-refractivity contribution in [2.75, 3.05) is 13.3 Å². The summed E-state index contributed by atoms with van der Waals surface area (Å²) in [5.74, 6) is -2.44. The molecule has 1 heterocycles. The van der Waals surface area contributed by atoms with Crippen molar-refractivity contribution in [1.29, 1.82) is 0 Å². The smallest absolute Gasteiger partial charge is 0.414 e. The zero-order chi connectivity index (χ0) is 23.0. The maximum Gasteiger partial charge on any atom is 0.414 e. The van der Waals surface area contributed by atoms with Gasteiger partial charge in [0.25, 0.3) is 0 Å². The van der Waals surface area contributed by atoms with E-state index in [1.165, 1.54) is 16.0 Å². The summed E-state index contributed by atoms with van der Waals surface area (Å²) < 4.78 is 5.90. The molecule has 3 rings (SSSR count). The van der Waals surface area contributed by atoms with Crippen molar-refractivity contribution < 1.29 is 24.2 Å². The van der Waals surface area contributed by atoms with Gasteiger partial charge in [-0.25, -0.2) is 9.59 Å². The van der Waals surface area contributed by atoms with Gasteiger partial charge in [-0.1, -0.05) is 29.8 Å². The summed E-state index contributed by atoms with van der Waals surface area (Å²) in [7, 11) is 2.07. The maximum absolute atomic E-state index is 9.10. The van der Waals surface area contributed by atoms with Crippen LogP contribution in [0, 0.1) is 6.92 Å². The standard InChI is InChI=1S/C20H23N3OS.C2H2O4/c1-14-5-9-17(10-6-14)20-22-21-19(24-20)15(2)23(3)13-16-7-11-18(25-4)12-8-16;3-1(4)2(5)6/h5-12,15H,13H2,1-4H3;(H,3,4)(H,5,6). The van der Waals surface area contributed by atoms with Gasteiger partial charge in [-0.3, -0.25) is 4.90 Å². The number of carboxylic acid groups (broad SMARTS) is 2. The molecule has 2 N–H and O–H groups in total. The second-order valence-electron chi connectivity index (χ2n) is 6.86. The molecule has 164 valence electrons. The highest BCUT2D eigenvalue weighted by Gasteiger charge is 2.19. The van der Waals surface area contributed by atoms with Crippen molar-refractivity contribution in [2.24, 2.45) is 0 Å². The third-order valence-electron chi connectivity index (χ3n) is 4.53. The van der Waals surface area contributed by atoms with Crippen LogP contribution in [-0.4, -0.2) is 50.6 Å². The van der Waals surface area contributed by atoms with E-state index >= 15 is 0 Å². The number of aryl methyl sites for hydroxylation is 1. The minimum Gasteiger partial charge on any atom is -0.473 e. The lowest BCUT2D eigenvalue weighted by molar-refractivity contribution is -0.159. The van der Waals surface area contributed by atoms with E-state index in [4.69, 9.17) is 24.2 Å². The Morgan fingerprint density at radius 2 is 1.61 bits per heavy atom. The third-order valence-corrected chi connectivity index (χ3v) is 5.28. The van der Waals surface area contributed by atoms with E-state index in [1.54, 1.807) is 11.8 Å². The third kappa shape index (κ3) is 7.23. The van der Waals surface area contributed by atoms with Gasteiger partial charge < -0.3 is 14.6 Å². The number of hydrogen-bond donors (Lipinski definition) is 2. The predicted molar refractivity (Wildman–Crippen MR) is 118 cm³/mol. The fourth-order valence-electron chi connectivity index (χ4n) is 2.56. The van der Waals surface area contributed by atoms with Crippen LogP contribution in [0.15, 0.2) is 57.8 Å². The van der Waals surface area contributed by atoms with Gasteiger partial charge in [0.1, 0.15) is 0 Å². The molecule has 0 aliphatic rings. The molecule has 1 atom stereocenters. The van der Waals surface area contributed by atoms with E-state index in [9.17, 15) is 0 Å². The topological polar surface area (TPSA) is 117 Å². The molecule has 1 unspecified atom stereocenters. The highest BCUT2D eigenvalue weighted by Crippen LogP contribution is 2.25. The van der Waals surface area contributed by atoms with Gasteiger partial charge in [-0.2, -0.15) is 0 Å². The quantitative estimate of drug-likeness (QED) is 0.428. The summed E-state index contributed by atoms with van der Waals surface area (Å²) in [6.07, 6.45) is 2.09. The molecule has 0 amide bonds. The molecule has 0 aliphatic heterocycles. The largest absolute Gasteiger partial charge is 0.473 e. The summed E-state index contributed by atoms with van der Waals surface area (Å²) in [4.78, 5) is 21.7. The van der Waals surface area contributed by atoms with Crippen molar-refractivity contribution in [1.82, 2.24) is 15.1 Å². The fourth-order valence-corrected chi connectivity index (χ4v) is 2.97. The summed E-state index contributed by atoms with van der Waals surface area (Å²) in [5, 5.41) is 23.2. The van der Waals surface area contributed by atoms with E-state index in [0.29, 0.717) is 11.8 Å². The lowest BCUT2D eigenvalue weighted by Crippen LogP contribution is -2.22. The van der Waals surface area contributed by atoms with E-state index in [2.05, 4.69) is 66.5 Å². The van der Waals surface area contributed by atoms with Crippen LogP contribution >= 0.6 is 11.8 Å². The summed E-state index contributed by atoms with van der Waals surface area (Å²) in [5.41, 5.74) is 3.43. The van der Waals surface area contributed by atoms with Gasteiger partial charge in [-0.15, -0.1) is 22.0 Å². The Balaban J connectivity index is 0.000000501. The Hall–Kier alpha value is -3.17. The Kier molecular flexibility index (Phi) is 8.77. The first-order chi connectivity index (χ1) is 14.7. The lowest BCUT2D eigenvalue weighted by Gasteiger charge is -2.21. The number of rotatable bonds is 6. The molecule has 0 saturated carbocycles. The fraction of sp³-hybridized carbons (Fsp3) is 0.273. The number of aromatic nitrogens is 2. The van der Waals surface area contributed by atoms with Gasteiger partial charge in [0.2, 0.25) is 11.8 Å². The molecule has 2 aromatic carbocycles. The molecule has 31 heavy (non-hydrogen) atoms. The lowest BCUT2D eigenvalue weighted by atomic mass is 10.1. The zero-order valence-electron chi connectivity index (χ0n) is 17.8. The molecule has 0 fully saturated rings. The Labute approximate surface area is 184 Å². The second kappa shape index (κ2) is 11.3.